The van der Waals surface area contributed by atoms with Gasteiger partial charge in [0.2, 0.25) is 0 Å². The van der Waals surface area contributed by atoms with Gasteiger partial charge >= 0.3 is 5.97 Å². The molecule has 2 aromatic rings. The van der Waals surface area contributed by atoms with Gasteiger partial charge in [-0.2, -0.15) is 0 Å². The van der Waals surface area contributed by atoms with Crippen molar-refractivity contribution in [1.82, 2.24) is 4.98 Å². The van der Waals surface area contributed by atoms with Crippen LogP contribution in [0.15, 0.2) is 6.07 Å². The van der Waals surface area contributed by atoms with Crippen molar-refractivity contribution in [3.63, 3.8) is 0 Å². The first-order valence-electron chi connectivity index (χ1n) is 4.71. The predicted octanol–water partition coefficient (Wildman–Crippen LogP) is 2.68. The molecular weight excluding hydrogens is 235 g/mol. The average molecular weight is 243 g/mol. The van der Waals surface area contributed by atoms with Gasteiger partial charge in [0.05, 0.1) is 18.2 Å². The predicted molar refractivity (Wildman–Crippen MR) is 54.2 cm³/mol. The molecule has 0 saturated carbocycles. The molecule has 0 saturated heterocycles. The molecule has 0 amide bonds. The fraction of sp³-hybridized carbons (Fsp3) is 0.182. The van der Waals surface area contributed by atoms with Crippen molar-refractivity contribution in [3.8, 4) is 0 Å². The van der Waals surface area contributed by atoms with Crippen LogP contribution in [0.3, 0.4) is 0 Å². The maximum atomic E-state index is 13.4. The summed E-state index contributed by atoms with van der Waals surface area (Å²) in [5, 5.41) is -0.0363. The molecule has 1 aromatic heterocycles. The number of benzene rings is 1. The molecule has 1 aromatic carbocycles. The number of nitrogens with one attached hydrogen (secondary N) is 1. The number of fused-ring (bicyclic) bond motifs is 1. The Hall–Kier alpha value is -1.98. The molecule has 1 heterocycles. The smallest absolute Gasteiger partial charge is 0.340 e. The molecule has 0 unspecified atom stereocenters. The van der Waals surface area contributed by atoms with Crippen molar-refractivity contribution >= 4 is 16.9 Å². The molecule has 0 aliphatic heterocycles. The first-order chi connectivity index (χ1) is 7.97. The lowest BCUT2D eigenvalue weighted by molar-refractivity contribution is 0.0602. The van der Waals surface area contributed by atoms with Crippen LogP contribution in [0.5, 0.6) is 0 Å². The number of hydrogen-bond donors (Lipinski definition) is 1. The lowest BCUT2D eigenvalue weighted by Crippen LogP contribution is -2.02. The second-order valence-electron chi connectivity index (χ2n) is 3.53. The third-order valence-corrected chi connectivity index (χ3v) is 2.51. The molecule has 2 rings (SSSR count). The zero-order chi connectivity index (χ0) is 12.7. The molecule has 0 spiro atoms. The van der Waals surface area contributed by atoms with E-state index in [1.807, 2.05) is 0 Å². The molecule has 90 valence electrons. The van der Waals surface area contributed by atoms with Gasteiger partial charge in [-0.1, -0.05) is 0 Å². The monoisotopic (exact) mass is 243 g/mol. The van der Waals surface area contributed by atoms with E-state index < -0.39 is 23.4 Å². The number of H-pyrrole nitrogens is 1. The number of rotatable bonds is 1. The summed E-state index contributed by atoms with van der Waals surface area (Å²) < 4.78 is 44.0. The molecule has 0 fully saturated rings. The molecule has 0 aliphatic carbocycles. The minimum Gasteiger partial charge on any atom is -0.465 e. The fourth-order valence-corrected chi connectivity index (χ4v) is 1.73. The number of aromatic nitrogens is 1. The van der Waals surface area contributed by atoms with Gasteiger partial charge in [0.25, 0.3) is 0 Å². The number of hydrogen-bond acceptors (Lipinski definition) is 2. The highest BCUT2D eigenvalue weighted by Gasteiger charge is 2.22. The Morgan fingerprint density at radius 2 is 1.94 bits per heavy atom. The van der Waals surface area contributed by atoms with Crippen LogP contribution >= 0.6 is 0 Å². The van der Waals surface area contributed by atoms with Crippen LogP contribution in [0.2, 0.25) is 0 Å². The molecule has 0 aliphatic rings. The van der Waals surface area contributed by atoms with E-state index in [1.54, 1.807) is 0 Å². The van der Waals surface area contributed by atoms with Crippen LogP contribution < -0.4 is 0 Å². The Bertz CT molecular complexity index is 619. The normalized spacial score (nSPS) is 10.9. The third-order valence-electron chi connectivity index (χ3n) is 2.51. The third kappa shape index (κ3) is 1.56. The second kappa shape index (κ2) is 3.80. The van der Waals surface area contributed by atoms with Crippen molar-refractivity contribution in [2.24, 2.45) is 0 Å². The molecule has 1 N–H and O–H groups in total. The van der Waals surface area contributed by atoms with Gasteiger partial charge in [-0.25, -0.2) is 18.0 Å². The van der Waals surface area contributed by atoms with Crippen molar-refractivity contribution < 1.29 is 22.7 Å². The highest BCUT2D eigenvalue weighted by atomic mass is 19.2. The number of carbonyl (C=O) groups is 1. The summed E-state index contributed by atoms with van der Waals surface area (Å²) in [5.41, 5.74) is 0.0397. The largest absolute Gasteiger partial charge is 0.465 e. The van der Waals surface area contributed by atoms with Crippen LogP contribution in [-0.4, -0.2) is 18.1 Å². The number of ether oxygens (including phenoxy) is 1. The van der Waals surface area contributed by atoms with Crippen LogP contribution in [0.1, 0.15) is 16.1 Å². The number of esters is 1. The second-order valence-corrected chi connectivity index (χ2v) is 3.53. The molecule has 0 radical (unpaired) electrons. The van der Waals surface area contributed by atoms with Gasteiger partial charge in [0, 0.05) is 11.1 Å². The van der Waals surface area contributed by atoms with Gasteiger partial charge in [-0.3, -0.25) is 0 Å². The standard InChI is InChI=1S/C11H8F3NO2/c1-4-7(11(16)17-2)5-3-6(12)8(13)9(14)10(5)15-4/h3,15H,1-2H3. The zero-order valence-corrected chi connectivity index (χ0v) is 9.03. The van der Waals surface area contributed by atoms with E-state index >= 15 is 0 Å². The quantitative estimate of drug-likeness (QED) is 0.618. The van der Waals surface area contributed by atoms with Crippen molar-refractivity contribution in [2.45, 2.75) is 6.92 Å². The van der Waals surface area contributed by atoms with Crippen LogP contribution in [0.4, 0.5) is 13.2 Å². The minimum absolute atomic E-state index is 0.000278. The summed E-state index contributed by atoms with van der Waals surface area (Å²) in [5.74, 6) is -5.01. The topological polar surface area (TPSA) is 42.1 Å². The molecular formula is C11H8F3NO2. The molecule has 0 atom stereocenters. The van der Waals surface area contributed by atoms with Crippen molar-refractivity contribution in [1.29, 1.82) is 0 Å². The van der Waals surface area contributed by atoms with Crippen LogP contribution in [0.25, 0.3) is 10.9 Å². The molecule has 17 heavy (non-hydrogen) atoms. The Morgan fingerprint density at radius 3 is 2.53 bits per heavy atom. The maximum Gasteiger partial charge on any atom is 0.340 e. The fourth-order valence-electron chi connectivity index (χ4n) is 1.73. The van der Waals surface area contributed by atoms with E-state index in [9.17, 15) is 18.0 Å². The van der Waals surface area contributed by atoms with Gasteiger partial charge in [0.1, 0.15) is 0 Å². The maximum absolute atomic E-state index is 13.4. The van der Waals surface area contributed by atoms with E-state index in [4.69, 9.17) is 0 Å². The van der Waals surface area contributed by atoms with Gasteiger partial charge in [-0.15, -0.1) is 0 Å². The van der Waals surface area contributed by atoms with E-state index in [1.165, 1.54) is 6.92 Å². The lowest BCUT2D eigenvalue weighted by Gasteiger charge is -2.00. The lowest BCUT2D eigenvalue weighted by atomic mass is 10.1. The zero-order valence-electron chi connectivity index (χ0n) is 9.03. The first-order valence-corrected chi connectivity index (χ1v) is 4.71. The summed E-state index contributed by atoms with van der Waals surface area (Å²) in [4.78, 5) is 13.9. The van der Waals surface area contributed by atoms with Crippen LogP contribution in [0, 0.1) is 24.4 Å². The Labute approximate surface area is 94.2 Å². The Morgan fingerprint density at radius 1 is 1.29 bits per heavy atom. The van der Waals surface area contributed by atoms with Gasteiger partial charge < -0.3 is 9.72 Å². The highest BCUT2D eigenvalue weighted by molar-refractivity contribution is 6.05. The van der Waals surface area contributed by atoms with Gasteiger partial charge in [-0.05, 0) is 13.0 Å². The van der Waals surface area contributed by atoms with Gasteiger partial charge in [0.15, 0.2) is 17.5 Å². The number of methoxy groups -OCH3 is 1. The van der Waals surface area contributed by atoms with Crippen molar-refractivity contribution in [2.75, 3.05) is 7.11 Å². The summed E-state index contributed by atoms with van der Waals surface area (Å²) in [6, 6.07) is 0.767. The Kier molecular flexibility index (Phi) is 2.57. The average Bonchev–Trinajstić information content (AvgIpc) is 2.62. The van der Waals surface area contributed by atoms with E-state index in [-0.39, 0.29) is 22.2 Å². The molecule has 6 heteroatoms. The summed E-state index contributed by atoms with van der Waals surface area (Å²) >= 11 is 0. The number of halogens is 3. The SMILES string of the molecule is COC(=O)c1c(C)[nH]c2c(F)c(F)c(F)cc12. The van der Waals surface area contributed by atoms with E-state index in [2.05, 4.69) is 9.72 Å². The molecule has 3 nitrogen and oxygen atoms in total. The number of carbonyl (C=O) groups excluding carboxylic acids is 1. The van der Waals surface area contributed by atoms with Crippen LogP contribution in [-0.2, 0) is 4.74 Å². The number of aryl methyl sites for hydroxylation is 1. The van der Waals surface area contributed by atoms with Crippen molar-refractivity contribution in [3.05, 3.63) is 34.8 Å². The summed E-state index contributed by atoms with van der Waals surface area (Å²) in [6.45, 7) is 1.49. The summed E-state index contributed by atoms with van der Waals surface area (Å²) in [6.07, 6.45) is 0. The highest BCUT2D eigenvalue weighted by Crippen LogP contribution is 2.28. The Balaban J connectivity index is 2.88. The number of aromatic amines is 1. The first kappa shape index (κ1) is 11.5. The minimum atomic E-state index is -1.57. The molecule has 0 bridgehead atoms. The summed E-state index contributed by atoms with van der Waals surface area (Å²) in [7, 11) is 1.15. The van der Waals surface area contributed by atoms with E-state index in [0.717, 1.165) is 13.2 Å². The van der Waals surface area contributed by atoms with E-state index in [0.29, 0.717) is 0 Å².